The highest BCUT2D eigenvalue weighted by molar-refractivity contribution is 7.92. The number of nitrogens with zero attached hydrogens (tertiary/aromatic N) is 1. The van der Waals surface area contributed by atoms with Crippen molar-refractivity contribution in [3.63, 3.8) is 0 Å². The molecule has 1 heterocycles. The fourth-order valence-electron chi connectivity index (χ4n) is 1.68. The van der Waals surface area contributed by atoms with Gasteiger partial charge in [0.15, 0.2) is 0 Å². The largest absolute Gasteiger partial charge is 0.392 e. The van der Waals surface area contributed by atoms with Gasteiger partial charge in [-0.15, -0.1) is 0 Å². The van der Waals surface area contributed by atoms with E-state index in [0.717, 1.165) is 12.1 Å². The van der Waals surface area contributed by atoms with Crippen LogP contribution in [0, 0.1) is 12.7 Å². The number of aliphatic hydroxyl groups excluding tert-OH is 1. The van der Waals surface area contributed by atoms with Crippen LogP contribution in [-0.4, -0.2) is 18.5 Å². The van der Waals surface area contributed by atoms with Gasteiger partial charge < -0.3 is 5.11 Å². The summed E-state index contributed by atoms with van der Waals surface area (Å²) in [6, 6.07) is 4.86. The van der Waals surface area contributed by atoms with Crippen molar-refractivity contribution in [2.75, 3.05) is 4.72 Å². The number of aryl methyl sites for hydroxylation is 1. The minimum Gasteiger partial charge on any atom is -0.392 e. The summed E-state index contributed by atoms with van der Waals surface area (Å²) in [7, 11) is -3.99. The molecule has 0 bridgehead atoms. The van der Waals surface area contributed by atoms with Gasteiger partial charge in [-0.3, -0.25) is 9.71 Å². The molecule has 5 nitrogen and oxygen atoms in total. The van der Waals surface area contributed by atoms with Gasteiger partial charge in [-0.05, 0) is 36.2 Å². The summed E-state index contributed by atoms with van der Waals surface area (Å²) < 4.78 is 40.1. The molecule has 1 aromatic heterocycles. The summed E-state index contributed by atoms with van der Waals surface area (Å²) in [6.07, 6.45) is 2.90. The lowest BCUT2D eigenvalue weighted by Crippen LogP contribution is -2.16. The highest BCUT2D eigenvalue weighted by Crippen LogP contribution is 2.22. The van der Waals surface area contributed by atoms with Crippen molar-refractivity contribution < 1.29 is 17.9 Å². The zero-order valence-electron chi connectivity index (χ0n) is 10.7. The third kappa shape index (κ3) is 2.94. The zero-order valence-corrected chi connectivity index (χ0v) is 11.5. The van der Waals surface area contributed by atoms with E-state index >= 15 is 0 Å². The number of hydrogen-bond acceptors (Lipinski definition) is 4. The van der Waals surface area contributed by atoms with Crippen molar-refractivity contribution in [3.8, 4) is 0 Å². The van der Waals surface area contributed by atoms with Crippen LogP contribution in [0.2, 0.25) is 0 Å². The molecule has 0 amide bonds. The number of benzene rings is 1. The molecule has 20 heavy (non-hydrogen) atoms. The van der Waals surface area contributed by atoms with E-state index in [1.54, 1.807) is 13.0 Å². The second-order valence-corrected chi connectivity index (χ2v) is 5.86. The molecule has 0 spiro atoms. The summed E-state index contributed by atoms with van der Waals surface area (Å²) in [4.78, 5) is 3.54. The maximum absolute atomic E-state index is 13.2. The van der Waals surface area contributed by atoms with Crippen molar-refractivity contribution in [1.82, 2.24) is 4.98 Å². The number of hydrogen-bond donors (Lipinski definition) is 2. The average Bonchev–Trinajstić information content (AvgIpc) is 2.41. The fourth-order valence-corrected chi connectivity index (χ4v) is 3.04. The van der Waals surface area contributed by atoms with Gasteiger partial charge in [-0.25, -0.2) is 12.8 Å². The number of halogens is 1. The summed E-state index contributed by atoms with van der Waals surface area (Å²) in [5.41, 5.74) is 1.12. The van der Waals surface area contributed by atoms with Gasteiger partial charge in [0.2, 0.25) is 0 Å². The lowest BCUT2D eigenvalue weighted by Gasteiger charge is -2.12. The zero-order chi connectivity index (χ0) is 14.8. The van der Waals surface area contributed by atoms with Gasteiger partial charge in [-0.2, -0.15) is 0 Å². The van der Waals surface area contributed by atoms with Crippen LogP contribution in [0.25, 0.3) is 0 Å². The Morgan fingerprint density at radius 3 is 2.75 bits per heavy atom. The van der Waals surface area contributed by atoms with Crippen molar-refractivity contribution >= 4 is 15.7 Å². The van der Waals surface area contributed by atoms with Crippen LogP contribution in [0.5, 0.6) is 0 Å². The first-order chi connectivity index (χ1) is 9.44. The third-order valence-electron chi connectivity index (χ3n) is 2.77. The van der Waals surface area contributed by atoms with Crippen molar-refractivity contribution in [1.29, 1.82) is 0 Å². The lowest BCUT2D eigenvalue weighted by atomic mass is 10.2. The van der Waals surface area contributed by atoms with E-state index < -0.39 is 22.4 Å². The number of sulfonamides is 1. The molecule has 0 radical (unpaired) electrons. The summed E-state index contributed by atoms with van der Waals surface area (Å²) in [6.45, 7) is 1.22. The van der Waals surface area contributed by atoms with Gasteiger partial charge in [0, 0.05) is 6.20 Å². The van der Waals surface area contributed by atoms with E-state index in [1.165, 1.54) is 18.5 Å². The Kier molecular flexibility index (Phi) is 4.01. The Hall–Kier alpha value is -1.99. The third-order valence-corrected chi connectivity index (χ3v) is 4.22. The summed E-state index contributed by atoms with van der Waals surface area (Å²) >= 11 is 0. The number of aromatic nitrogens is 1. The second-order valence-electron chi connectivity index (χ2n) is 4.21. The predicted molar refractivity (Wildman–Crippen MR) is 72.1 cm³/mol. The van der Waals surface area contributed by atoms with E-state index in [2.05, 4.69) is 9.71 Å². The van der Waals surface area contributed by atoms with Gasteiger partial charge in [0.25, 0.3) is 10.0 Å². The first-order valence-electron chi connectivity index (χ1n) is 5.77. The molecule has 7 heteroatoms. The second kappa shape index (κ2) is 5.56. The molecule has 2 rings (SSSR count). The highest BCUT2D eigenvalue weighted by atomic mass is 32.2. The summed E-state index contributed by atoms with van der Waals surface area (Å²) in [5, 5.41) is 9.17. The molecule has 0 unspecified atom stereocenters. The van der Waals surface area contributed by atoms with Crippen LogP contribution in [-0.2, 0) is 16.6 Å². The topological polar surface area (TPSA) is 79.3 Å². The van der Waals surface area contributed by atoms with Crippen molar-refractivity contribution in [2.45, 2.75) is 18.4 Å². The Balaban J connectivity index is 2.46. The van der Waals surface area contributed by atoms with E-state index in [4.69, 9.17) is 5.11 Å². The summed E-state index contributed by atoms with van der Waals surface area (Å²) in [5.74, 6) is -0.689. The van der Waals surface area contributed by atoms with Crippen LogP contribution in [0.15, 0.2) is 41.6 Å². The quantitative estimate of drug-likeness (QED) is 0.902. The SMILES string of the molecule is Cc1ccncc1NS(=O)(=O)c1cc(F)ccc1CO. The van der Waals surface area contributed by atoms with E-state index in [1.807, 2.05) is 0 Å². The van der Waals surface area contributed by atoms with Gasteiger partial charge >= 0.3 is 0 Å². The maximum Gasteiger partial charge on any atom is 0.262 e. The number of rotatable bonds is 4. The van der Waals surface area contributed by atoms with Crippen LogP contribution in [0.1, 0.15) is 11.1 Å². The van der Waals surface area contributed by atoms with Crippen LogP contribution < -0.4 is 4.72 Å². The van der Waals surface area contributed by atoms with Crippen LogP contribution >= 0.6 is 0 Å². The molecule has 0 aliphatic heterocycles. The minimum absolute atomic E-state index is 0.125. The number of anilines is 1. The van der Waals surface area contributed by atoms with Crippen molar-refractivity contribution in [3.05, 3.63) is 53.6 Å². The predicted octanol–water partition coefficient (Wildman–Crippen LogP) is 1.82. The molecule has 0 aliphatic carbocycles. The fraction of sp³-hybridized carbons (Fsp3) is 0.154. The van der Waals surface area contributed by atoms with Crippen molar-refractivity contribution in [2.24, 2.45) is 0 Å². The molecule has 0 saturated carbocycles. The monoisotopic (exact) mass is 296 g/mol. The van der Waals surface area contributed by atoms with Gasteiger partial charge in [0.1, 0.15) is 5.82 Å². The molecular formula is C13H13FN2O3S. The average molecular weight is 296 g/mol. The van der Waals surface area contributed by atoms with Crippen LogP contribution in [0.3, 0.4) is 0 Å². The van der Waals surface area contributed by atoms with E-state index in [0.29, 0.717) is 11.3 Å². The Labute approximate surface area is 116 Å². The molecule has 0 aliphatic rings. The number of aliphatic hydroxyl groups is 1. The number of nitrogens with one attached hydrogen (secondary N) is 1. The Morgan fingerprint density at radius 2 is 2.10 bits per heavy atom. The van der Waals surface area contributed by atoms with Crippen LogP contribution in [0.4, 0.5) is 10.1 Å². The first-order valence-corrected chi connectivity index (χ1v) is 7.25. The molecule has 106 valence electrons. The van der Waals surface area contributed by atoms with Gasteiger partial charge in [0.05, 0.1) is 23.4 Å². The first kappa shape index (κ1) is 14.4. The highest BCUT2D eigenvalue weighted by Gasteiger charge is 2.20. The molecule has 0 saturated heterocycles. The molecule has 1 aromatic carbocycles. The molecule has 2 aromatic rings. The minimum atomic E-state index is -3.99. The smallest absolute Gasteiger partial charge is 0.262 e. The molecule has 0 fully saturated rings. The lowest BCUT2D eigenvalue weighted by molar-refractivity contribution is 0.278. The van der Waals surface area contributed by atoms with E-state index in [-0.39, 0.29) is 10.5 Å². The normalized spacial score (nSPS) is 11.3. The van der Waals surface area contributed by atoms with E-state index in [9.17, 15) is 12.8 Å². The Bertz CT molecular complexity index is 732. The Morgan fingerprint density at radius 1 is 1.35 bits per heavy atom. The molecule has 0 atom stereocenters. The molecule has 2 N–H and O–H groups in total. The van der Waals surface area contributed by atoms with Gasteiger partial charge in [-0.1, -0.05) is 6.07 Å². The molecular weight excluding hydrogens is 283 g/mol. The number of pyridine rings is 1. The standard InChI is InChI=1S/C13H13FN2O3S/c1-9-4-5-15-7-12(9)16-20(18,19)13-6-11(14)3-2-10(13)8-17/h2-7,16-17H,8H2,1H3. The maximum atomic E-state index is 13.2.